The van der Waals surface area contributed by atoms with Crippen LogP contribution in [-0.4, -0.2) is 18.5 Å². The molecule has 0 aliphatic heterocycles. The van der Waals surface area contributed by atoms with E-state index in [9.17, 15) is 4.79 Å². The number of hydrogen-bond acceptors (Lipinski definition) is 3. The summed E-state index contributed by atoms with van der Waals surface area (Å²) in [7, 11) is 0. The van der Waals surface area contributed by atoms with Crippen LogP contribution in [0.4, 0.5) is 0 Å². The van der Waals surface area contributed by atoms with E-state index in [1.807, 2.05) is 5.38 Å². The van der Waals surface area contributed by atoms with E-state index in [4.69, 9.17) is 5.73 Å². The number of carbonyl (C=O) groups is 1. The quantitative estimate of drug-likeness (QED) is 0.789. The molecule has 3 nitrogen and oxygen atoms in total. The minimum absolute atomic E-state index is 0.133. The lowest BCUT2D eigenvalue weighted by atomic mass is 10.1. The predicted molar refractivity (Wildman–Crippen MR) is 66.3 cm³/mol. The summed E-state index contributed by atoms with van der Waals surface area (Å²) in [6.07, 6.45) is 3.83. The van der Waals surface area contributed by atoms with Crippen molar-refractivity contribution in [3.05, 3.63) is 22.4 Å². The van der Waals surface area contributed by atoms with Crippen LogP contribution in [0.3, 0.4) is 0 Å². The van der Waals surface area contributed by atoms with Crippen LogP contribution in [0.25, 0.3) is 0 Å². The maximum Gasteiger partial charge on any atom is 0.220 e. The Bertz CT molecular complexity index is 333. The van der Waals surface area contributed by atoms with Crippen molar-refractivity contribution in [1.82, 2.24) is 5.32 Å². The molecule has 1 amide bonds. The molecule has 1 unspecified atom stereocenters. The molecule has 16 heavy (non-hydrogen) atoms. The van der Waals surface area contributed by atoms with E-state index in [2.05, 4.69) is 16.8 Å². The predicted octanol–water partition coefficient (Wildman–Crippen LogP) is 1.53. The average molecular weight is 238 g/mol. The average Bonchev–Trinajstić information content (AvgIpc) is 3.00. The summed E-state index contributed by atoms with van der Waals surface area (Å²) in [6.45, 7) is 0.564. The van der Waals surface area contributed by atoms with Crippen LogP contribution in [0.5, 0.6) is 0 Å². The molecule has 1 saturated carbocycles. The summed E-state index contributed by atoms with van der Waals surface area (Å²) < 4.78 is 0. The van der Waals surface area contributed by atoms with Gasteiger partial charge in [-0.25, -0.2) is 0 Å². The Morgan fingerprint density at radius 1 is 1.62 bits per heavy atom. The first-order valence-corrected chi connectivity index (χ1v) is 6.74. The second-order valence-corrected chi connectivity index (χ2v) is 5.16. The van der Waals surface area contributed by atoms with E-state index in [1.165, 1.54) is 18.4 Å². The SMILES string of the molecule is NCC(NC(=O)CCc1ccsc1)C1CC1. The second kappa shape index (κ2) is 5.46. The van der Waals surface area contributed by atoms with Gasteiger partial charge in [-0.1, -0.05) is 0 Å². The molecular formula is C12H18N2OS. The van der Waals surface area contributed by atoms with E-state index < -0.39 is 0 Å². The fourth-order valence-corrected chi connectivity index (χ4v) is 2.54. The zero-order chi connectivity index (χ0) is 11.4. The topological polar surface area (TPSA) is 55.1 Å². The fourth-order valence-electron chi connectivity index (χ4n) is 1.84. The Balaban J connectivity index is 1.71. The molecular weight excluding hydrogens is 220 g/mol. The van der Waals surface area contributed by atoms with Crippen molar-refractivity contribution in [2.24, 2.45) is 11.7 Å². The van der Waals surface area contributed by atoms with Crippen molar-refractivity contribution in [3.63, 3.8) is 0 Å². The normalized spacial score (nSPS) is 17.1. The molecule has 1 aliphatic carbocycles. The van der Waals surface area contributed by atoms with Gasteiger partial charge in [0.05, 0.1) is 0 Å². The van der Waals surface area contributed by atoms with Gasteiger partial charge in [0.15, 0.2) is 0 Å². The summed E-state index contributed by atoms with van der Waals surface area (Å²) >= 11 is 1.67. The minimum atomic E-state index is 0.133. The van der Waals surface area contributed by atoms with Crippen LogP contribution in [0, 0.1) is 5.92 Å². The zero-order valence-electron chi connectivity index (χ0n) is 9.32. The molecule has 0 bridgehead atoms. The highest BCUT2D eigenvalue weighted by Gasteiger charge is 2.30. The molecule has 1 fully saturated rings. The molecule has 4 heteroatoms. The number of nitrogens with one attached hydrogen (secondary N) is 1. The third kappa shape index (κ3) is 3.32. The van der Waals surface area contributed by atoms with Gasteiger partial charge in [0, 0.05) is 19.0 Å². The largest absolute Gasteiger partial charge is 0.352 e. The molecule has 0 aromatic carbocycles. The van der Waals surface area contributed by atoms with Crippen LogP contribution >= 0.6 is 11.3 Å². The maximum atomic E-state index is 11.7. The molecule has 1 aliphatic rings. The third-order valence-corrected chi connectivity index (χ3v) is 3.74. The van der Waals surface area contributed by atoms with E-state index in [0.29, 0.717) is 18.9 Å². The lowest BCUT2D eigenvalue weighted by Crippen LogP contribution is -2.41. The van der Waals surface area contributed by atoms with Crippen molar-refractivity contribution in [3.8, 4) is 0 Å². The molecule has 88 valence electrons. The molecule has 3 N–H and O–H groups in total. The molecule has 1 heterocycles. The van der Waals surface area contributed by atoms with Crippen LogP contribution in [0.15, 0.2) is 16.8 Å². The Labute approximate surface area is 100 Å². The number of aryl methyl sites for hydroxylation is 1. The molecule has 0 radical (unpaired) electrons. The van der Waals surface area contributed by atoms with Crippen LogP contribution < -0.4 is 11.1 Å². The number of amides is 1. The van der Waals surface area contributed by atoms with Crippen molar-refractivity contribution in [1.29, 1.82) is 0 Å². The molecule has 0 spiro atoms. The zero-order valence-corrected chi connectivity index (χ0v) is 10.1. The summed E-state index contributed by atoms with van der Waals surface area (Å²) in [5.41, 5.74) is 6.89. The van der Waals surface area contributed by atoms with Crippen molar-refractivity contribution in [2.75, 3.05) is 6.54 Å². The van der Waals surface area contributed by atoms with Crippen molar-refractivity contribution >= 4 is 17.2 Å². The lowest BCUT2D eigenvalue weighted by molar-refractivity contribution is -0.121. The van der Waals surface area contributed by atoms with Crippen LogP contribution in [0.1, 0.15) is 24.8 Å². The van der Waals surface area contributed by atoms with Gasteiger partial charge in [0.2, 0.25) is 5.91 Å². The first-order valence-electron chi connectivity index (χ1n) is 5.80. The molecule has 0 saturated heterocycles. The highest BCUT2D eigenvalue weighted by atomic mass is 32.1. The van der Waals surface area contributed by atoms with Crippen molar-refractivity contribution < 1.29 is 4.79 Å². The smallest absolute Gasteiger partial charge is 0.220 e. The van der Waals surface area contributed by atoms with Crippen LogP contribution in [0.2, 0.25) is 0 Å². The number of nitrogens with two attached hydrogens (primary N) is 1. The van der Waals surface area contributed by atoms with E-state index >= 15 is 0 Å². The summed E-state index contributed by atoms with van der Waals surface area (Å²) in [5.74, 6) is 0.767. The summed E-state index contributed by atoms with van der Waals surface area (Å²) in [6, 6.07) is 2.27. The first kappa shape index (κ1) is 11.6. The summed E-state index contributed by atoms with van der Waals surface area (Å²) in [5, 5.41) is 7.16. The molecule has 1 aromatic rings. The Morgan fingerprint density at radius 3 is 3.00 bits per heavy atom. The van der Waals surface area contributed by atoms with E-state index in [0.717, 1.165) is 6.42 Å². The lowest BCUT2D eigenvalue weighted by Gasteiger charge is -2.15. The highest BCUT2D eigenvalue weighted by Crippen LogP contribution is 2.32. The Kier molecular flexibility index (Phi) is 3.96. The second-order valence-electron chi connectivity index (χ2n) is 4.38. The number of thiophene rings is 1. The van der Waals surface area contributed by atoms with Gasteiger partial charge in [-0.3, -0.25) is 4.79 Å². The number of rotatable bonds is 6. The van der Waals surface area contributed by atoms with Gasteiger partial charge in [0.25, 0.3) is 0 Å². The van der Waals surface area contributed by atoms with E-state index in [-0.39, 0.29) is 11.9 Å². The van der Waals surface area contributed by atoms with Crippen molar-refractivity contribution in [2.45, 2.75) is 31.7 Å². The maximum absolute atomic E-state index is 11.7. The van der Waals surface area contributed by atoms with Gasteiger partial charge < -0.3 is 11.1 Å². The standard InChI is InChI=1S/C12H18N2OS/c13-7-11(10-2-3-10)14-12(15)4-1-9-5-6-16-8-9/h5-6,8,10-11H,1-4,7,13H2,(H,14,15). The summed E-state index contributed by atoms with van der Waals surface area (Å²) in [4.78, 5) is 11.7. The van der Waals surface area contributed by atoms with Gasteiger partial charge in [-0.2, -0.15) is 11.3 Å². The third-order valence-electron chi connectivity index (χ3n) is 3.01. The van der Waals surface area contributed by atoms with Gasteiger partial charge in [0.1, 0.15) is 0 Å². The van der Waals surface area contributed by atoms with Gasteiger partial charge >= 0.3 is 0 Å². The minimum Gasteiger partial charge on any atom is -0.352 e. The number of carbonyl (C=O) groups excluding carboxylic acids is 1. The first-order chi connectivity index (χ1) is 7.79. The van der Waals surface area contributed by atoms with Crippen LogP contribution in [-0.2, 0) is 11.2 Å². The van der Waals surface area contributed by atoms with Gasteiger partial charge in [-0.15, -0.1) is 0 Å². The van der Waals surface area contributed by atoms with Gasteiger partial charge in [-0.05, 0) is 47.6 Å². The molecule has 1 aromatic heterocycles. The Hall–Kier alpha value is -0.870. The Morgan fingerprint density at radius 2 is 2.44 bits per heavy atom. The van der Waals surface area contributed by atoms with E-state index in [1.54, 1.807) is 11.3 Å². The fraction of sp³-hybridized carbons (Fsp3) is 0.583. The molecule has 1 atom stereocenters. The monoisotopic (exact) mass is 238 g/mol. The molecule has 2 rings (SSSR count). The number of hydrogen-bond donors (Lipinski definition) is 2. The highest BCUT2D eigenvalue weighted by molar-refractivity contribution is 7.07.